The van der Waals surface area contributed by atoms with Crippen molar-refractivity contribution in [2.75, 3.05) is 6.61 Å². The lowest BCUT2D eigenvalue weighted by Gasteiger charge is -2.34. The standard InChI is InChI=1S/C25H23N3O2/c1-3-30-24(29)23-19(2)26-28(27-23)25(20-13-7-4-8-14-20,21-15-9-5-10-16-21)22-17-11-6-12-18-22/h4-18H,3H2,1-2H3. The van der Waals surface area contributed by atoms with Crippen molar-refractivity contribution in [3.05, 3.63) is 119 Å². The Hall–Kier alpha value is -3.73. The Morgan fingerprint density at radius 3 is 1.63 bits per heavy atom. The monoisotopic (exact) mass is 397 g/mol. The van der Waals surface area contributed by atoms with Crippen molar-refractivity contribution >= 4 is 5.97 Å². The summed E-state index contributed by atoms with van der Waals surface area (Å²) < 4.78 is 5.20. The van der Waals surface area contributed by atoms with Crippen LogP contribution in [0.25, 0.3) is 0 Å². The maximum absolute atomic E-state index is 12.5. The van der Waals surface area contributed by atoms with E-state index < -0.39 is 11.5 Å². The zero-order valence-electron chi connectivity index (χ0n) is 17.0. The number of carbonyl (C=O) groups excluding carboxylic acids is 1. The van der Waals surface area contributed by atoms with E-state index in [1.165, 1.54) is 0 Å². The summed E-state index contributed by atoms with van der Waals surface area (Å²) in [4.78, 5) is 14.1. The minimum Gasteiger partial charge on any atom is -0.461 e. The Morgan fingerprint density at radius 2 is 1.23 bits per heavy atom. The van der Waals surface area contributed by atoms with Crippen LogP contribution in [0.3, 0.4) is 0 Å². The summed E-state index contributed by atoms with van der Waals surface area (Å²) in [5.74, 6) is -0.468. The Bertz CT molecular complexity index is 1030. The predicted molar refractivity (Wildman–Crippen MR) is 115 cm³/mol. The van der Waals surface area contributed by atoms with Crippen LogP contribution in [0.5, 0.6) is 0 Å². The molecule has 4 aromatic rings. The molecule has 0 aliphatic rings. The number of aromatic nitrogens is 3. The van der Waals surface area contributed by atoms with Gasteiger partial charge in [0.25, 0.3) is 0 Å². The number of rotatable bonds is 6. The average molecular weight is 397 g/mol. The molecule has 5 nitrogen and oxygen atoms in total. The van der Waals surface area contributed by atoms with Crippen LogP contribution in [-0.4, -0.2) is 27.6 Å². The highest BCUT2D eigenvalue weighted by molar-refractivity contribution is 5.88. The molecule has 0 bridgehead atoms. The normalized spacial score (nSPS) is 11.3. The molecule has 0 N–H and O–H groups in total. The molecular formula is C25H23N3O2. The van der Waals surface area contributed by atoms with Gasteiger partial charge in [0, 0.05) is 0 Å². The highest BCUT2D eigenvalue weighted by atomic mass is 16.5. The number of hydrogen-bond donors (Lipinski definition) is 0. The second-order valence-corrected chi connectivity index (χ2v) is 6.95. The van der Waals surface area contributed by atoms with E-state index in [4.69, 9.17) is 9.84 Å². The molecular weight excluding hydrogens is 374 g/mol. The third-order valence-electron chi connectivity index (χ3n) is 5.13. The number of ether oxygens (including phenoxy) is 1. The van der Waals surface area contributed by atoms with Crippen LogP contribution in [0.1, 0.15) is 39.8 Å². The number of hydrogen-bond acceptors (Lipinski definition) is 4. The third-order valence-corrected chi connectivity index (χ3v) is 5.13. The van der Waals surface area contributed by atoms with E-state index in [2.05, 4.69) is 41.5 Å². The summed E-state index contributed by atoms with van der Waals surface area (Å²) in [6, 6.07) is 30.3. The maximum Gasteiger partial charge on any atom is 0.360 e. The van der Waals surface area contributed by atoms with Gasteiger partial charge in [-0.3, -0.25) is 0 Å². The number of nitrogens with zero attached hydrogens (tertiary/aromatic N) is 3. The van der Waals surface area contributed by atoms with E-state index in [0.29, 0.717) is 5.69 Å². The number of carbonyl (C=O) groups is 1. The molecule has 30 heavy (non-hydrogen) atoms. The first-order chi connectivity index (χ1) is 14.7. The molecule has 0 amide bonds. The number of benzene rings is 3. The number of aryl methyl sites for hydroxylation is 1. The van der Waals surface area contributed by atoms with E-state index in [-0.39, 0.29) is 12.3 Å². The lowest BCUT2D eigenvalue weighted by molar-refractivity contribution is 0.0517. The summed E-state index contributed by atoms with van der Waals surface area (Å²) in [5, 5.41) is 9.38. The number of esters is 1. The first-order valence-corrected chi connectivity index (χ1v) is 9.96. The molecule has 5 heteroatoms. The summed E-state index contributed by atoms with van der Waals surface area (Å²) in [5.41, 5.74) is 2.89. The van der Waals surface area contributed by atoms with Gasteiger partial charge in [-0.1, -0.05) is 91.0 Å². The van der Waals surface area contributed by atoms with Crippen molar-refractivity contribution < 1.29 is 9.53 Å². The summed E-state index contributed by atoms with van der Waals surface area (Å²) in [6.07, 6.45) is 0. The van der Waals surface area contributed by atoms with Crippen LogP contribution in [0, 0.1) is 6.92 Å². The van der Waals surface area contributed by atoms with Gasteiger partial charge in [-0.25, -0.2) is 4.79 Å². The van der Waals surface area contributed by atoms with Gasteiger partial charge in [0.15, 0.2) is 11.2 Å². The Balaban J connectivity index is 2.06. The zero-order chi connectivity index (χ0) is 21.0. The first-order valence-electron chi connectivity index (χ1n) is 9.96. The summed E-state index contributed by atoms with van der Waals surface area (Å²) in [7, 11) is 0. The van der Waals surface area contributed by atoms with E-state index in [1.54, 1.807) is 18.6 Å². The van der Waals surface area contributed by atoms with Crippen LogP contribution >= 0.6 is 0 Å². The molecule has 4 rings (SSSR count). The molecule has 0 aliphatic carbocycles. The zero-order valence-corrected chi connectivity index (χ0v) is 17.0. The van der Waals surface area contributed by atoms with E-state index >= 15 is 0 Å². The van der Waals surface area contributed by atoms with Gasteiger partial charge in [-0.15, -0.1) is 5.10 Å². The van der Waals surface area contributed by atoms with E-state index in [1.807, 2.05) is 54.6 Å². The van der Waals surface area contributed by atoms with Gasteiger partial charge in [0.2, 0.25) is 0 Å². The molecule has 0 saturated carbocycles. The fourth-order valence-electron chi connectivity index (χ4n) is 3.80. The second-order valence-electron chi connectivity index (χ2n) is 6.95. The van der Waals surface area contributed by atoms with Crippen molar-refractivity contribution in [1.29, 1.82) is 0 Å². The molecule has 0 fully saturated rings. The van der Waals surface area contributed by atoms with Crippen LogP contribution in [0.4, 0.5) is 0 Å². The molecule has 0 saturated heterocycles. The molecule has 0 atom stereocenters. The topological polar surface area (TPSA) is 57.0 Å². The quantitative estimate of drug-likeness (QED) is 0.352. The molecule has 150 valence electrons. The van der Waals surface area contributed by atoms with Crippen LogP contribution in [0.2, 0.25) is 0 Å². The minimum atomic E-state index is -0.848. The molecule has 0 aliphatic heterocycles. The van der Waals surface area contributed by atoms with Crippen LogP contribution in [0.15, 0.2) is 91.0 Å². The predicted octanol–water partition coefficient (Wildman–Crippen LogP) is 4.60. The highest BCUT2D eigenvalue weighted by Gasteiger charge is 2.41. The third kappa shape index (κ3) is 3.28. The van der Waals surface area contributed by atoms with Gasteiger partial charge in [0.1, 0.15) is 0 Å². The van der Waals surface area contributed by atoms with Crippen molar-refractivity contribution in [2.24, 2.45) is 0 Å². The summed E-state index contributed by atoms with van der Waals surface area (Å²) in [6.45, 7) is 3.84. The maximum atomic E-state index is 12.5. The lowest BCUT2D eigenvalue weighted by Crippen LogP contribution is -2.39. The fraction of sp³-hybridized carbons (Fsp3) is 0.160. The van der Waals surface area contributed by atoms with Gasteiger partial charge in [-0.2, -0.15) is 9.90 Å². The van der Waals surface area contributed by atoms with Crippen molar-refractivity contribution in [3.63, 3.8) is 0 Å². The van der Waals surface area contributed by atoms with Crippen LogP contribution in [-0.2, 0) is 10.3 Å². The highest BCUT2D eigenvalue weighted by Crippen LogP contribution is 2.39. The first kappa shape index (κ1) is 19.6. The van der Waals surface area contributed by atoms with Crippen LogP contribution < -0.4 is 0 Å². The van der Waals surface area contributed by atoms with Gasteiger partial charge >= 0.3 is 5.97 Å². The largest absolute Gasteiger partial charge is 0.461 e. The Morgan fingerprint density at radius 1 is 0.800 bits per heavy atom. The van der Waals surface area contributed by atoms with Crippen molar-refractivity contribution in [3.8, 4) is 0 Å². The molecule has 0 radical (unpaired) electrons. The van der Waals surface area contributed by atoms with E-state index in [0.717, 1.165) is 16.7 Å². The summed E-state index contributed by atoms with van der Waals surface area (Å²) >= 11 is 0. The SMILES string of the molecule is CCOC(=O)c1nn(C(c2ccccc2)(c2ccccc2)c2ccccc2)nc1C. The Labute approximate surface area is 175 Å². The molecule has 0 unspecified atom stereocenters. The van der Waals surface area contributed by atoms with E-state index in [9.17, 15) is 4.79 Å². The van der Waals surface area contributed by atoms with Gasteiger partial charge < -0.3 is 4.74 Å². The average Bonchev–Trinajstić information content (AvgIpc) is 3.18. The second kappa shape index (κ2) is 8.33. The van der Waals surface area contributed by atoms with Crippen molar-refractivity contribution in [2.45, 2.75) is 19.4 Å². The molecule has 1 heterocycles. The molecule has 1 aromatic heterocycles. The Kier molecular flexibility index (Phi) is 5.44. The molecule has 0 spiro atoms. The fourth-order valence-corrected chi connectivity index (χ4v) is 3.80. The smallest absolute Gasteiger partial charge is 0.360 e. The van der Waals surface area contributed by atoms with Crippen molar-refractivity contribution in [1.82, 2.24) is 15.0 Å². The lowest BCUT2D eigenvalue weighted by atomic mass is 9.77. The van der Waals surface area contributed by atoms with Gasteiger partial charge in [-0.05, 0) is 30.5 Å². The molecule has 3 aromatic carbocycles. The van der Waals surface area contributed by atoms with Gasteiger partial charge in [0.05, 0.1) is 12.3 Å². The minimum absolute atomic E-state index is 0.226.